The molecule has 0 unspecified atom stereocenters. The van der Waals surface area contributed by atoms with Crippen LogP contribution in [0, 0.1) is 6.57 Å². The minimum absolute atomic E-state index is 0.633. The largest absolute Gasteiger partial charge is 0.317 e. The van der Waals surface area contributed by atoms with Gasteiger partial charge in [0.25, 0.3) is 0 Å². The Morgan fingerprint density at radius 2 is 1.05 bits per heavy atom. The molecule has 0 atom stereocenters. The summed E-state index contributed by atoms with van der Waals surface area (Å²) in [5.41, 5.74) is 9.53. The standard InChI is InChI=1S/C37H23N3/c1-38-30-19-7-10-22-33(30)40-31-20-8-5-15-27(31)28-18-12-24-35(37(28)40)39-32-21-9-6-16-29(32)36-26(17-11-23-34(36)39)25-13-3-2-4-14-25/h2-24H. The van der Waals surface area contributed by atoms with Crippen LogP contribution in [0.1, 0.15) is 0 Å². The molecule has 0 fully saturated rings. The normalized spacial score (nSPS) is 11.5. The summed E-state index contributed by atoms with van der Waals surface area (Å²) in [6.45, 7) is 7.92. The van der Waals surface area contributed by atoms with Gasteiger partial charge in [0.1, 0.15) is 0 Å². The molecule has 6 aromatic carbocycles. The van der Waals surface area contributed by atoms with Crippen molar-refractivity contribution in [2.75, 3.05) is 0 Å². The van der Waals surface area contributed by atoms with Crippen LogP contribution in [0.15, 0.2) is 140 Å². The van der Waals surface area contributed by atoms with E-state index in [0.29, 0.717) is 5.69 Å². The number of fused-ring (bicyclic) bond motifs is 6. The van der Waals surface area contributed by atoms with Crippen molar-refractivity contribution in [3.63, 3.8) is 0 Å². The summed E-state index contributed by atoms with van der Waals surface area (Å²) in [6, 6.07) is 48.8. The van der Waals surface area contributed by atoms with Crippen LogP contribution in [0.5, 0.6) is 0 Å². The first-order chi connectivity index (χ1) is 19.8. The number of nitrogens with zero attached hydrogens (tertiary/aromatic N) is 3. The van der Waals surface area contributed by atoms with E-state index >= 15 is 0 Å². The Labute approximate surface area is 231 Å². The van der Waals surface area contributed by atoms with Gasteiger partial charge in [-0.1, -0.05) is 109 Å². The molecular weight excluding hydrogens is 486 g/mol. The summed E-state index contributed by atoms with van der Waals surface area (Å²) in [7, 11) is 0. The van der Waals surface area contributed by atoms with Crippen molar-refractivity contribution in [1.29, 1.82) is 0 Å². The fourth-order valence-corrected chi connectivity index (χ4v) is 6.32. The lowest BCUT2D eigenvalue weighted by molar-refractivity contribution is 1.13. The fraction of sp³-hybridized carbons (Fsp3) is 0. The van der Waals surface area contributed by atoms with Gasteiger partial charge >= 0.3 is 0 Å². The molecule has 186 valence electrons. The zero-order valence-electron chi connectivity index (χ0n) is 21.6. The number of para-hydroxylation sites is 5. The molecule has 0 saturated carbocycles. The van der Waals surface area contributed by atoms with Crippen molar-refractivity contribution >= 4 is 49.3 Å². The SMILES string of the molecule is [C-]#[N+]c1ccccc1-n1c2ccccc2c2cccc(-n3c4ccccc4c4c(-c5ccccc5)cccc43)c21. The Morgan fingerprint density at radius 3 is 1.88 bits per heavy atom. The Balaban J connectivity index is 1.57. The minimum atomic E-state index is 0.633. The summed E-state index contributed by atoms with van der Waals surface area (Å²) in [5.74, 6) is 0. The van der Waals surface area contributed by atoms with Crippen LogP contribution in [-0.2, 0) is 0 Å². The molecule has 0 N–H and O–H groups in total. The van der Waals surface area contributed by atoms with Gasteiger partial charge in [-0.2, -0.15) is 0 Å². The molecule has 0 radical (unpaired) electrons. The molecule has 0 aliphatic heterocycles. The van der Waals surface area contributed by atoms with Crippen LogP contribution in [-0.4, -0.2) is 9.13 Å². The van der Waals surface area contributed by atoms with Crippen LogP contribution in [0.25, 0.3) is 71.0 Å². The molecule has 3 heteroatoms. The first-order valence-electron chi connectivity index (χ1n) is 13.4. The maximum atomic E-state index is 7.92. The third-order valence-electron chi connectivity index (χ3n) is 7.94. The van der Waals surface area contributed by atoms with Gasteiger partial charge in [-0.15, -0.1) is 0 Å². The lowest BCUT2D eigenvalue weighted by atomic mass is 9.99. The van der Waals surface area contributed by atoms with E-state index in [-0.39, 0.29) is 0 Å². The van der Waals surface area contributed by atoms with E-state index in [0.717, 1.165) is 38.8 Å². The smallest absolute Gasteiger partial charge is 0.210 e. The van der Waals surface area contributed by atoms with E-state index in [2.05, 4.69) is 135 Å². The van der Waals surface area contributed by atoms with Gasteiger partial charge in [0, 0.05) is 21.5 Å². The Bertz CT molecular complexity index is 2280. The first kappa shape index (κ1) is 22.4. The van der Waals surface area contributed by atoms with Crippen LogP contribution in [0.3, 0.4) is 0 Å². The van der Waals surface area contributed by atoms with E-state index < -0.39 is 0 Å². The maximum absolute atomic E-state index is 7.92. The number of benzene rings is 6. The lowest BCUT2D eigenvalue weighted by Gasteiger charge is -2.15. The van der Waals surface area contributed by atoms with Gasteiger partial charge in [-0.25, -0.2) is 4.85 Å². The van der Waals surface area contributed by atoms with Crippen molar-refractivity contribution in [3.05, 3.63) is 151 Å². The van der Waals surface area contributed by atoms with Gasteiger partial charge in [-0.05, 0) is 41.5 Å². The molecule has 0 saturated heterocycles. The molecule has 2 aromatic heterocycles. The van der Waals surface area contributed by atoms with Crippen molar-refractivity contribution < 1.29 is 0 Å². The monoisotopic (exact) mass is 509 g/mol. The summed E-state index contributed by atoms with van der Waals surface area (Å²) in [6.07, 6.45) is 0. The number of rotatable bonds is 3. The second-order valence-corrected chi connectivity index (χ2v) is 10.0. The highest BCUT2D eigenvalue weighted by Crippen LogP contribution is 2.42. The molecule has 8 rings (SSSR count). The van der Waals surface area contributed by atoms with Crippen LogP contribution in [0.4, 0.5) is 5.69 Å². The third kappa shape index (κ3) is 3.11. The summed E-state index contributed by atoms with van der Waals surface area (Å²) >= 11 is 0. The van der Waals surface area contributed by atoms with Gasteiger partial charge in [0.15, 0.2) is 0 Å². The molecule has 0 spiro atoms. The Hall–Kier alpha value is -5.59. The molecular formula is C37H23N3. The zero-order chi connectivity index (χ0) is 26.6. The molecule has 0 bridgehead atoms. The average molecular weight is 510 g/mol. The molecule has 40 heavy (non-hydrogen) atoms. The minimum Gasteiger partial charge on any atom is -0.317 e. The van der Waals surface area contributed by atoms with E-state index in [1.807, 2.05) is 18.2 Å². The van der Waals surface area contributed by atoms with E-state index in [9.17, 15) is 0 Å². The van der Waals surface area contributed by atoms with Gasteiger partial charge in [-0.3, -0.25) is 0 Å². The summed E-state index contributed by atoms with van der Waals surface area (Å²) in [4.78, 5) is 3.90. The van der Waals surface area contributed by atoms with Gasteiger partial charge < -0.3 is 9.13 Å². The van der Waals surface area contributed by atoms with Crippen molar-refractivity contribution in [2.45, 2.75) is 0 Å². The van der Waals surface area contributed by atoms with Crippen LogP contribution < -0.4 is 0 Å². The molecule has 3 nitrogen and oxygen atoms in total. The highest BCUT2D eigenvalue weighted by molar-refractivity contribution is 6.18. The number of hydrogen-bond acceptors (Lipinski definition) is 0. The van der Waals surface area contributed by atoms with Gasteiger partial charge in [0.2, 0.25) is 5.69 Å². The average Bonchev–Trinajstić information content (AvgIpc) is 3.55. The van der Waals surface area contributed by atoms with Crippen LogP contribution in [0.2, 0.25) is 0 Å². The third-order valence-corrected chi connectivity index (χ3v) is 7.94. The molecule has 8 aromatic rings. The first-order valence-corrected chi connectivity index (χ1v) is 13.4. The highest BCUT2D eigenvalue weighted by Gasteiger charge is 2.21. The quantitative estimate of drug-likeness (QED) is 0.210. The predicted octanol–water partition coefficient (Wildman–Crippen LogP) is 10.1. The lowest BCUT2D eigenvalue weighted by Crippen LogP contribution is -2.00. The Kier molecular flexibility index (Phi) is 4.89. The van der Waals surface area contributed by atoms with Gasteiger partial charge in [0.05, 0.1) is 40.0 Å². The summed E-state index contributed by atoms with van der Waals surface area (Å²) in [5, 5.41) is 4.80. The molecule has 0 aliphatic rings. The van der Waals surface area contributed by atoms with Crippen molar-refractivity contribution in [3.8, 4) is 22.5 Å². The molecule has 2 heterocycles. The number of hydrogen-bond donors (Lipinski definition) is 0. The maximum Gasteiger partial charge on any atom is 0.210 e. The zero-order valence-corrected chi connectivity index (χ0v) is 21.6. The predicted molar refractivity (Wildman–Crippen MR) is 167 cm³/mol. The molecule has 0 amide bonds. The van der Waals surface area contributed by atoms with Crippen LogP contribution >= 0.6 is 0 Å². The second kappa shape index (κ2) is 8.73. The van der Waals surface area contributed by atoms with Crippen molar-refractivity contribution in [2.24, 2.45) is 0 Å². The van der Waals surface area contributed by atoms with E-state index in [1.54, 1.807) is 0 Å². The van der Waals surface area contributed by atoms with E-state index in [1.165, 1.54) is 27.3 Å². The Morgan fingerprint density at radius 1 is 0.450 bits per heavy atom. The summed E-state index contributed by atoms with van der Waals surface area (Å²) < 4.78 is 4.67. The topological polar surface area (TPSA) is 14.2 Å². The second-order valence-electron chi connectivity index (χ2n) is 10.0. The van der Waals surface area contributed by atoms with Crippen molar-refractivity contribution in [1.82, 2.24) is 9.13 Å². The molecule has 0 aliphatic carbocycles. The van der Waals surface area contributed by atoms with E-state index in [4.69, 9.17) is 6.57 Å². The fourth-order valence-electron chi connectivity index (χ4n) is 6.32. The number of aromatic nitrogens is 2. The highest BCUT2D eigenvalue weighted by atomic mass is 15.1.